The fourth-order valence-corrected chi connectivity index (χ4v) is 2.79. The Morgan fingerprint density at radius 3 is 2.68 bits per heavy atom. The number of nitrogens with two attached hydrogens (primary N) is 1. The zero-order valence-corrected chi connectivity index (χ0v) is 12.9. The highest BCUT2D eigenvalue weighted by atomic mass is 79.9. The lowest BCUT2D eigenvalue weighted by Crippen LogP contribution is -2.14. The van der Waals surface area contributed by atoms with Crippen molar-refractivity contribution in [2.75, 3.05) is 0 Å². The van der Waals surface area contributed by atoms with Crippen LogP contribution < -0.4 is 5.73 Å². The Kier molecular flexibility index (Phi) is 4.85. The Morgan fingerprint density at radius 2 is 1.95 bits per heavy atom. The average molecular weight is 363 g/mol. The summed E-state index contributed by atoms with van der Waals surface area (Å²) in [7, 11) is 0. The molecule has 0 spiro atoms. The minimum absolute atomic E-state index is 0.314. The standard InChI is InChI=1S/C14H11BrCl2FN/c15-11-5-4-9(18)7-10(11)13(19)6-8-2-1-3-12(16)14(8)17/h1-5,7,13H,6,19H2. The molecule has 2 aromatic carbocycles. The molecule has 1 unspecified atom stereocenters. The van der Waals surface area contributed by atoms with E-state index in [9.17, 15) is 4.39 Å². The van der Waals surface area contributed by atoms with Gasteiger partial charge in [-0.15, -0.1) is 0 Å². The van der Waals surface area contributed by atoms with Gasteiger partial charge in [0, 0.05) is 10.5 Å². The van der Waals surface area contributed by atoms with E-state index in [-0.39, 0.29) is 11.9 Å². The van der Waals surface area contributed by atoms with E-state index in [1.165, 1.54) is 12.1 Å². The average Bonchev–Trinajstić information content (AvgIpc) is 2.38. The van der Waals surface area contributed by atoms with Gasteiger partial charge in [-0.25, -0.2) is 4.39 Å². The highest BCUT2D eigenvalue weighted by molar-refractivity contribution is 9.10. The predicted octanol–water partition coefficient (Wildman–Crippen LogP) is 5.14. The van der Waals surface area contributed by atoms with Gasteiger partial charge < -0.3 is 5.73 Å². The first kappa shape index (κ1) is 14.8. The Hall–Kier alpha value is -0.610. The quantitative estimate of drug-likeness (QED) is 0.803. The molecule has 19 heavy (non-hydrogen) atoms. The summed E-state index contributed by atoms with van der Waals surface area (Å²) in [5, 5.41) is 0.983. The van der Waals surface area contributed by atoms with Crippen molar-refractivity contribution in [1.29, 1.82) is 0 Å². The third-order valence-electron chi connectivity index (χ3n) is 2.83. The number of hydrogen-bond donors (Lipinski definition) is 1. The van der Waals surface area contributed by atoms with E-state index in [0.717, 1.165) is 10.0 Å². The van der Waals surface area contributed by atoms with Crippen molar-refractivity contribution in [3.63, 3.8) is 0 Å². The van der Waals surface area contributed by atoms with Crippen molar-refractivity contribution in [3.8, 4) is 0 Å². The van der Waals surface area contributed by atoms with Crippen molar-refractivity contribution >= 4 is 39.1 Å². The molecule has 0 bridgehead atoms. The largest absolute Gasteiger partial charge is 0.324 e. The van der Waals surface area contributed by atoms with E-state index in [1.807, 2.05) is 12.1 Å². The fraction of sp³-hybridized carbons (Fsp3) is 0.143. The summed E-state index contributed by atoms with van der Waals surface area (Å²) in [6.45, 7) is 0. The van der Waals surface area contributed by atoms with Crippen LogP contribution in [-0.4, -0.2) is 0 Å². The van der Waals surface area contributed by atoms with Crippen LogP contribution in [0.2, 0.25) is 10.0 Å². The number of benzene rings is 2. The third kappa shape index (κ3) is 3.48. The van der Waals surface area contributed by atoms with Crippen LogP contribution in [0.1, 0.15) is 17.2 Å². The molecule has 0 saturated heterocycles. The SMILES string of the molecule is NC(Cc1cccc(Cl)c1Cl)c1cc(F)ccc1Br. The Morgan fingerprint density at radius 1 is 1.21 bits per heavy atom. The molecule has 2 aromatic rings. The number of halogens is 4. The molecule has 2 rings (SSSR count). The first-order valence-corrected chi connectivity index (χ1v) is 7.17. The lowest BCUT2D eigenvalue weighted by molar-refractivity contribution is 0.617. The van der Waals surface area contributed by atoms with Crippen molar-refractivity contribution in [3.05, 3.63) is 67.9 Å². The van der Waals surface area contributed by atoms with Crippen LogP contribution in [-0.2, 0) is 6.42 Å². The van der Waals surface area contributed by atoms with Crippen LogP contribution in [0.25, 0.3) is 0 Å². The van der Waals surface area contributed by atoms with Gasteiger partial charge in [-0.1, -0.05) is 51.3 Å². The summed E-state index contributed by atoms with van der Waals surface area (Å²) in [5.74, 6) is -0.314. The van der Waals surface area contributed by atoms with Crippen molar-refractivity contribution in [2.24, 2.45) is 5.73 Å². The number of hydrogen-bond acceptors (Lipinski definition) is 1. The van der Waals surface area contributed by atoms with Gasteiger partial charge in [0.1, 0.15) is 5.82 Å². The minimum Gasteiger partial charge on any atom is -0.324 e. The molecule has 0 aliphatic rings. The second kappa shape index (κ2) is 6.23. The van der Waals surface area contributed by atoms with Crippen LogP contribution in [0.5, 0.6) is 0 Å². The molecule has 0 aliphatic carbocycles. The maximum Gasteiger partial charge on any atom is 0.123 e. The third-order valence-corrected chi connectivity index (χ3v) is 4.41. The summed E-state index contributed by atoms with van der Waals surface area (Å²) < 4.78 is 14.0. The number of rotatable bonds is 3. The molecule has 0 amide bonds. The van der Waals surface area contributed by atoms with Crippen molar-refractivity contribution in [1.82, 2.24) is 0 Å². The molecule has 0 radical (unpaired) electrons. The molecule has 1 atom stereocenters. The van der Waals surface area contributed by atoms with Crippen molar-refractivity contribution < 1.29 is 4.39 Å². The van der Waals surface area contributed by atoms with Gasteiger partial charge in [0.25, 0.3) is 0 Å². The van der Waals surface area contributed by atoms with E-state index in [0.29, 0.717) is 22.0 Å². The molecule has 100 valence electrons. The molecular weight excluding hydrogens is 352 g/mol. The second-order valence-electron chi connectivity index (χ2n) is 4.19. The normalized spacial score (nSPS) is 12.5. The molecule has 0 heterocycles. The Balaban J connectivity index is 2.28. The van der Waals surface area contributed by atoms with Crippen molar-refractivity contribution in [2.45, 2.75) is 12.5 Å². The van der Waals surface area contributed by atoms with Crippen LogP contribution in [0.4, 0.5) is 4.39 Å². The zero-order valence-electron chi connectivity index (χ0n) is 9.84. The second-order valence-corrected chi connectivity index (χ2v) is 5.83. The minimum atomic E-state index is -0.360. The van der Waals surface area contributed by atoms with Gasteiger partial charge in [0.05, 0.1) is 10.0 Å². The van der Waals surface area contributed by atoms with Gasteiger partial charge in [0.15, 0.2) is 0 Å². The van der Waals surface area contributed by atoms with E-state index in [1.54, 1.807) is 12.1 Å². The van der Waals surface area contributed by atoms with Crippen LogP contribution in [0.15, 0.2) is 40.9 Å². The summed E-state index contributed by atoms with van der Waals surface area (Å²) in [5.41, 5.74) is 7.67. The first-order chi connectivity index (χ1) is 8.99. The van der Waals surface area contributed by atoms with Crippen LogP contribution >= 0.6 is 39.1 Å². The Labute approximate surface area is 129 Å². The summed E-state index contributed by atoms with van der Waals surface area (Å²) in [4.78, 5) is 0. The van der Waals surface area contributed by atoms with Gasteiger partial charge in [-0.2, -0.15) is 0 Å². The van der Waals surface area contributed by atoms with Crippen LogP contribution in [0, 0.1) is 5.82 Å². The van der Waals surface area contributed by atoms with E-state index in [2.05, 4.69) is 15.9 Å². The smallest absolute Gasteiger partial charge is 0.123 e. The van der Waals surface area contributed by atoms with E-state index < -0.39 is 0 Å². The van der Waals surface area contributed by atoms with Gasteiger partial charge >= 0.3 is 0 Å². The molecule has 0 aromatic heterocycles. The monoisotopic (exact) mass is 361 g/mol. The van der Waals surface area contributed by atoms with E-state index in [4.69, 9.17) is 28.9 Å². The molecular formula is C14H11BrCl2FN. The topological polar surface area (TPSA) is 26.0 Å². The lowest BCUT2D eigenvalue weighted by Gasteiger charge is -2.15. The molecule has 0 fully saturated rings. The summed E-state index contributed by atoms with van der Waals surface area (Å²) in [6.07, 6.45) is 0.488. The van der Waals surface area contributed by atoms with Crippen LogP contribution in [0.3, 0.4) is 0 Å². The molecule has 0 saturated carbocycles. The Bertz CT molecular complexity index is 604. The fourth-order valence-electron chi connectivity index (χ4n) is 1.85. The lowest BCUT2D eigenvalue weighted by atomic mass is 9.99. The maximum atomic E-state index is 13.3. The maximum absolute atomic E-state index is 13.3. The predicted molar refractivity (Wildman–Crippen MR) is 81.2 cm³/mol. The van der Waals surface area contributed by atoms with E-state index >= 15 is 0 Å². The van der Waals surface area contributed by atoms with Gasteiger partial charge in [0.2, 0.25) is 0 Å². The summed E-state index contributed by atoms with van der Waals surface area (Å²) >= 11 is 15.5. The van der Waals surface area contributed by atoms with Gasteiger partial charge in [-0.05, 0) is 41.8 Å². The molecule has 5 heteroatoms. The molecule has 0 aliphatic heterocycles. The first-order valence-electron chi connectivity index (χ1n) is 5.62. The molecule has 2 N–H and O–H groups in total. The highest BCUT2D eigenvalue weighted by Gasteiger charge is 2.14. The van der Waals surface area contributed by atoms with Gasteiger partial charge in [-0.3, -0.25) is 0 Å². The zero-order chi connectivity index (χ0) is 14.0. The molecule has 1 nitrogen and oxygen atoms in total. The summed E-state index contributed by atoms with van der Waals surface area (Å²) in [6, 6.07) is 9.49. The highest BCUT2D eigenvalue weighted by Crippen LogP contribution is 2.30.